The first-order chi connectivity index (χ1) is 9.58. The van der Waals surface area contributed by atoms with E-state index in [0.29, 0.717) is 11.3 Å². The summed E-state index contributed by atoms with van der Waals surface area (Å²) in [6.45, 7) is 0.730. The Labute approximate surface area is 122 Å². The van der Waals surface area contributed by atoms with Crippen molar-refractivity contribution in [2.24, 2.45) is 0 Å². The van der Waals surface area contributed by atoms with Gasteiger partial charge in [0, 0.05) is 38.0 Å². The summed E-state index contributed by atoms with van der Waals surface area (Å²) in [5.74, 6) is -0.0347. The molecular weight excluding hydrogens is 272 g/mol. The second-order valence-corrected chi connectivity index (χ2v) is 5.38. The van der Waals surface area contributed by atoms with Crippen LogP contribution in [0.1, 0.15) is 16.1 Å². The molecule has 106 valence electrons. The van der Waals surface area contributed by atoms with Gasteiger partial charge in [-0.1, -0.05) is 0 Å². The fourth-order valence-corrected chi connectivity index (χ4v) is 2.38. The average molecular weight is 290 g/mol. The van der Waals surface area contributed by atoms with Crippen LogP contribution >= 0.6 is 11.3 Å². The van der Waals surface area contributed by atoms with Crippen LogP contribution in [-0.2, 0) is 6.42 Å². The number of hydrogen-bond donors (Lipinski definition) is 2. The molecule has 0 aliphatic rings. The number of amides is 1. The van der Waals surface area contributed by atoms with Gasteiger partial charge in [-0.2, -0.15) is 0 Å². The highest BCUT2D eigenvalue weighted by molar-refractivity contribution is 7.07. The Hall–Kier alpha value is -2.08. The Bertz CT molecular complexity index is 581. The highest BCUT2D eigenvalue weighted by atomic mass is 32.1. The van der Waals surface area contributed by atoms with Gasteiger partial charge in [0.05, 0.1) is 22.6 Å². The molecule has 0 fully saturated rings. The van der Waals surface area contributed by atoms with Gasteiger partial charge in [0.2, 0.25) is 0 Å². The number of hydrogen-bond acceptors (Lipinski definition) is 5. The van der Waals surface area contributed by atoms with Crippen LogP contribution in [0.2, 0.25) is 0 Å². The Morgan fingerprint density at radius 1 is 1.45 bits per heavy atom. The van der Waals surface area contributed by atoms with E-state index in [-0.39, 0.29) is 5.91 Å². The number of nitrogens with zero attached hydrogens (tertiary/aromatic N) is 2. The summed E-state index contributed by atoms with van der Waals surface area (Å²) in [6.07, 6.45) is 0.828. The van der Waals surface area contributed by atoms with Gasteiger partial charge in [0.1, 0.15) is 0 Å². The van der Waals surface area contributed by atoms with E-state index in [1.807, 2.05) is 10.9 Å². The lowest BCUT2D eigenvalue weighted by Gasteiger charge is -2.13. The quantitative estimate of drug-likeness (QED) is 0.827. The van der Waals surface area contributed by atoms with Crippen molar-refractivity contribution in [2.45, 2.75) is 6.42 Å². The second kappa shape index (κ2) is 6.38. The van der Waals surface area contributed by atoms with Gasteiger partial charge in [0.25, 0.3) is 5.91 Å². The molecule has 3 N–H and O–H groups in total. The third kappa shape index (κ3) is 3.48. The number of aromatic nitrogens is 1. The zero-order valence-corrected chi connectivity index (χ0v) is 12.4. The van der Waals surface area contributed by atoms with E-state index >= 15 is 0 Å². The fourth-order valence-electron chi connectivity index (χ4n) is 1.79. The molecule has 1 aromatic carbocycles. The standard InChI is InChI=1S/C14H18N4OS/c1-18(2)14(19)10-3-4-12(15)13(7-10)16-6-5-11-8-20-9-17-11/h3-4,7-9,16H,5-6,15H2,1-2H3. The predicted molar refractivity (Wildman–Crippen MR) is 83.2 cm³/mol. The smallest absolute Gasteiger partial charge is 0.253 e. The number of benzene rings is 1. The molecule has 0 spiro atoms. The molecule has 1 aromatic heterocycles. The first kappa shape index (κ1) is 14.3. The molecule has 2 aromatic rings. The van der Waals surface area contributed by atoms with Crippen LogP contribution in [0.25, 0.3) is 0 Å². The molecule has 6 heteroatoms. The van der Waals surface area contributed by atoms with E-state index in [2.05, 4.69) is 10.3 Å². The summed E-state index contributed by atoms with van der Waals surface area (Å²) in [5.41, 5.74) is 10.8. The van der Waals surface area contributed by atoms with Gasteiger partial charge in [-0.25, -0.2) is 4.98 Å². The Kier molecular flexibility index (Phi) is 4.57. The normalized spacial score (nSPS) is 10.3. The number of carbonyl (C=O) groups is 1. The van der Waals surface area contributed by atoms with E-state index in [1.54, 1.807) is 48.5 Å². The van der Waals surface area contributed by atoms with Crippen molar-refractivity contribution < 1.29 is 4.79 Å². The summed E-state index contributed by atoms with van der Waals surface area (Å²) in [6, 6.07) is 5.28. The van der Waals surface area contributed by atoms with Crippen LogP contribution in [0, 0.1) is 0 Å². The van der Waals surface area contributed by atoms with Crippen LogP contribution in [0.15, 0.2) is 29.1 Å². The summed E-state index contributed by atoms with van der Waals surface area (Å²) in [7, 11) is 3.46. The minimum Gasteiger partial charge on any atom is -0.397 e. The number of carbonyl (C=O) groups excluding carboxylic acids is 1. The van der Waals surface area contributed by atoms with Gasteiger partial charge in [-0.3, -0.25) is 4.79 Å². The molecule has 0 unspecified atom stereocenters. The van der Waals surface area contributed by atoms with Crippen molar-refractivity contribution in [2.75, 3.05) is 31.7 Å². The molecule has 1 heterocycles. The van der Waals surface area contributed by atoms with E-state index in [1.165, 1.54) is 0 Å². The molecule has 5 nitrogen and oxygen atoms in total. The zero-order valence-electron chi connectivity index (χ0n) is 11.6. The van der Waals surface area contributed by atoms with Gasteiger partial charge < -0.3 is 16.0 Å². The Balaban J connectivity index is 2.03. The van der Waals surface area contributed by atoms with Gasteiger partial charge in [-0.05, 0) is 18.2 Å². The second-order valence-electron chi connectivity index (χ2n) is 4.66. The van der Waals surface area contributed by atoms with Crippen molar-refractivity contribution in [1.29, 1.82) is 0 Å². The van der Waals surface area contributed by atoms with Crippen molar-refractivity contribution in [3.63, 3.8) is 0 Å². The molecule has 0 saturated heterocycles. The van der Waals surface area contributed by atoms with Crippen LogP contribution in [0.4, 0.5) is 11.4 Å². The topological polar surface area (TPSA) is 71.2 Å². The van der Waals surface area contributed by atoms with Crippen LogP contribution in [-0.4, -0.2) is 36.4 Å². The fraction of sp³-hybridized carbons (Fsp3) is 0.286. The number of nitrogen functional groups attached to an aromatic ring is 1. The third-order valence-electron chi connectivity index (χ3n) is 2.89. The maximum absolute atomic E-state index is 11.9. The molecule has 0 atom stereocenters. The van der Waals surface area contributed by atoms with Crippen molar-refractivity contribution in [3.8, 4) is 0 Å². The molecule has 0 radical (unpaired) electrons. The van der Waals surface area contributed by atoms with Crippen molar-refractivity contribution in [3.05, 3.63) is 40.3 Å². The predicted octanol–water partition coefficient (Wildman–Crippen LogP) is 2.08. The number of nitrogens with two attached hydrogens (primary N) is 1. The Morgan fingerprint density at radius 2 is 2.25 bits per heavy atom. The first-order valence-electron chi connectivity index (χ1n) is 6.30. The van der Waals surface area contributed by atoms with Crippen LogP contribution < -0.4 is 11.1 Å². The SMILES string of the molecule is CN(C)C(=O)c1ccc(N)c(NCCc2cscn2)c1. The number of anilines is 2. The summed E-state index contributed by atoms with van der Waals surface area (Å²) in [5, 5.41) is 5.28. The van der Waals surface area contributed by atoms with Gasteiger partial charge in [0.15, 0.2) is 0 Å². The molecule has 0 saturated carbocycles. The molecule has 1 amide bonds. The summed E-state index contributed by atoms with van der Waals surface area (Å²) in [4.78, 5) is 17.7. The van der Waals surface area contributed by atoms with Crippen LogP contribution in [0.5, 0.6) is 0 Å². The third-order valence-corrected chi connectivity index (χ3v) is 3.52. The zero-order chi connectivity index (χ0) is 14.5. The largest absolute Gasteiger partial charge is 0.397 e. The average Bonchev–Trinajstić information content (AvgIpc) is 2.93. The van der Waals surface area contributed by atoms with E-state index in [0.717, 1.165) is 24.3 Å². The highest BCUT2D eigenvalue weighted by Gasteiger charge is 2.10. The number of nitrogens with one attached hydrogen (secondary N) is 1. The minimum atomic E-state index is -0.0347. The van der Waals surface area contributed by atoms with Gasteiger partial charge in [-0.15, -0.1) is 11.3 Å². The maximum Gasteiger partial charge on any atom is 0.253 e. The van der Waals surface area contributed by atoms with E-state index < -0.39 is 0 Å². The number of rotatable bonds is 5. The molecular formula is C14H18N4OS. The summed E-state index contributed by atoms with van der Waals surface area (Å²) >= 11 is 1.58. The molecule has 0 aliphatic heterocycles. The summed E-state index contributed by atoms with van der Waals surface area (Å²) < 4.78 is 0. The van der Waals surface area contributed by atoms with Crippen molar-refractivity contribution in [1.82, 2.24) is 9.88 Å². The molecule has 0 aliphatic carbocycles. The highest BCUT2D eigenvalue weighted by Crippen LogP contribution is 2.20. The first-order valence-corrected chi connectivity index (χ1v) is 7.24. The molecule has 2 rings (SSSR count). The molecule has 0 bridgehead atoms. The van der Waals surface area contributed by atoms with Gasteiger partial charge >= 0.3 is 0 Å². The lowest BCUT2D eigenvalue weighted by atomic mass is 10.1. The lowest BCUT2D eigenvalue weighted by molar-refractivity contribution is 0.0827. The maximum atomic E-state index is 11.9. The van der Waals surface area contributed by atoms with E-state index in [4.69, 9.17) is 5.73 Å². The lowest BCUT2D eigenvalue weighted by Crippen LogP contribution is -2.22. The van der Waals surface area contributed by atoms with Crippen molar-refractivity contribution >= 4 is 28.6 Å². The van der Waals surface area contributed by atoms with E-state index in [9.17, 15) is 4.79 Å². The monoisotopic (exact) mass is 290 g/mol. The molecule has 20 heavy (non-hydrogen) atoms. The Morgan fingerprint density at radius 3 is 2.90 bits per heavy atom. The number of thiazole rings is 1. The van der Waals surface area contributed by atoms with Crippen LogP contribution in [0.3, 0.4) is 0 Å². The minimum absolute atomic E-state index is 0.0347.